The van der Waals surface area contributed by atoms with Crippen molar-refractivity contribution in [3.63, 3.8) is 0 Å². The molecule has 0 bridgehead atoms. The SMILES string of the molecule is Cc1ccc(N2C(=O)NC(=O)/C(=C\c3ccc(F)cc3)C2=O)cc1. The fourth-order valence-electron chi connectivity index (χ4n) is 2.31. The average Bonchev–Trinajstić information content (AvgIpc) is 2.55. The van der Waals surface area contributed by atoms with Crippen molar-refractivity contribution in [2.75, 3.05) is 4.90 Å². The monoisotopic (exact) mass is 324 g/mol. The lowest BCUT2D eigenvalue weighted by molar-refractivity contribution is -0.122. The van der Waals surface area contributed by atoms with Gasteiger partial charge < -0.3 is 0 Å². The maximum absolute atomic E-state index is 13.0. The third-order valence-corrected chi connectivity index (χ3v) is 3.57. The molecule has 1 aliphatic heterocycles. The molecule has 0 atom stereocenters. The number of imide groups is 2. The molecular formula is C18H13FN2O3. The molecule has 1 aliphatic rings. The third kappa shape index (κ3) is 2.94. The van der Waals surface area contributed by atoms with Gasteiger partial charge in [-0.3, -0.25) is 14.9 Å². The first kappa shape index (κ1) is 15.6. The van der Waals surface area contributed by atoms with Gasteiger partial charge in [-0.05, 0) is 42.8 Å². The maximum atomic E-state index is 13.0. The summed E-state index contributed by atoms with van der Waals surface area (Å²) in [7, 11) is 0. The van der Waals surface area contributed by atoms with E-state index in [0.717, 1.165) is 10.5 Å². The molecule has 0 aromatic heterocycles. The first-order valence-electron chi connectivity index (χ1n) is 7.19. The molecule has 1 fully saturated rings. The Kier molecular flexibility index (Phi) is 3.95. The number of hydrogen-bond donors (Lipinski definition) is 1. The smallest absolute Gasteiger partial charge is 0.273 e. The number of urea groups is 1. The number of halogens is 1. The lowest BCUT2D eigenvalue weighted by Crippen LogP contribution is -2.54. The van der Waals surface area contributed by atoms with Crippen LogP contribution in [0.1, 0.15) is 11.1 Å². The number of aryl methyl sites for hydroxylation is 1. The Morgan fingerprint density at radius 3 is 2.21 bits per heavy atom. The minimum atomic E-state index is -0.801. The highest BCUT2D eigenvalue weighted by Crippen LogP contribution is 2.22. The van der Waals surface area contributed by atoms with Crippen molar-refractivity contribution in [2.24, 2.45) is 0 Å². The van der Waals surface area contributed by atoms with Crippen LogP contribution in [0.5, 0.6) is 0 Å². The van der Waals surface area contributed by atoms with E-state index in [-0.39, 0.29) is 5.57 Å². The van der Waals surface area contributed by atoms with Gasteiger partial charge in [0.2, 0.25) is 0 Å². The number of nitrogens with zero attached hydrogens (tertiary/aromatic N) is 1. The van der Waals surface area contributed by atoms with Crippen molar-refractivity contribution in [1.82, 2.24) is 5.32 Å². The summed E-state index contributed by atoms with van der Waals surface area (Å²) < 4.78 is 13.0. The second-order valence-corrected chi connectivity index (χ2v) is 5.34. The van der Waals surface area contributed by atoms with Gasteiger partial charge in [0.15, 0.2) is 0 Å². The van der Waals surface area contributed by atoms with Crippen molar-refractivity contribution in [1.29, 1.82) is 0 Å². The number of anilines is 1. The molecule has 1 heterocycles. The summed E-state index contributed by atoms with van der Waals surface area (Å²) in [6, 6.07) is 11.3. The van der Waals surface area contributed by atoms with E-state index in [1.807, 2.05) is 6.92 Å². The first-order chi connectivity index (χ1) is 11.5. The summed E-state index contributed by atoms with van der Waals surface area (Å²) in [6.45, 7) is 1.88. The molecule has 0 spiro atoms. The number of hydrogen-bond acceptors (Lipinski definition) is 3. The molecule has 3 rings (SSSR count). The molecule has 1 saturated heterocycles. The van der Waals surface area contributed by atoms with Gasteiger partial charge in [0.25, 0.3) is 11.8 Å². The Bertz CT molecular complexity index is 855. The largest absolute Gasteiger partial charge is 0.335 e. The second kappa shape index (κ2) is 6.08. The molecule has 0 unspecified atom stereocenters. The molecule has 2 aromatic rings. The van der Waals surface area contributed by atoms with Crippen LogP contribution in [0.3, 0.4) is 0 Å². The first-order valence-corrected chi connectivity index (χ1v) is 7.19. The van der Waals surface area contributed by atoms with Crippen LogP contribution in [0.25, 0.3) is 6.08 Å². The van der Waals surface area contributed by atoms with E-state index in [4.69, 9.17) is 0 Å². The highest BCUT2D eigenvalue weighted by atomic mass is 19.1. The van der Waals surface area contributed by atoms with E-state index in [1.165, 1.54) is 30.3 Å². The summed E-state index contributed by atoms with van der Waals surface area (Å²) in [5.74, 6) is -1.93. The van der Waals surface area contributed by atoms with Crippen LogP contribution >= 0.6 is 0 Å². The molecule has 4 amide bonds. The Balaban J connectivity index is 1.99. The van der Waals surface area contributed by atoms with Gasteiger partial charge in [-0.2, -0.15) is 0 Å². The summed E-state index contributed by atoms with van der Waals surface area (Å²) in [5.41, 5.74) is 1.62. The van der Waals surface area contributed by atoms with Gasteiger partial charge in [0.1, 0.15) is 11.4 Å². The Hall–Kier alpha value is -3.28. The van der Waals surface area contributed by atoms with Crippen LogP contribution in [0.2, 0.25) is 0 Å². The number of carbonyl (C=O) groups excluding carboxylic acids is 3. The number of benzene rings is 2. The Morgan fingerprint density at radius 2 is 1.58 bits per heavy atom. The van der Waals surface area contributed by atoms with Crippen LogP contribution in [-0.4, -0.2) is 17.8 Å². The normalized spacial score (nSPS) is 16.5. The molecule has 2 aromatic carbocycles. The van der Waals surface area contributed by atoms with Gasteiger partial charge in [-0.15, -0.1) is 0 Å². The lowest BCUT2D eigenvalue weighted by atomic mass is 10.1. The third-order valence-electron chi connectivity index (χ3n) is 3.57. The van der Waals surface area contributed by atoms with Gasteiger partial charge in [-0.25, -0.2) is 14.1 Å². The molecule has 1 N–H and O–H groups in total. The van der Waals surface area contributed by atoms with E-state index in [0.29, 0.717) is 11.3 Å². The fourth-order valence-corrected chi connectivity index (χ4v) is 2.31. The predicted molar refractivity (Wildman–Crippen MR) is 86.6 cm³/mol. The lowest BCUT2D eigenvalue weighted by Gasteiger charge is -2.26. The summed E-state index contributed by atoms with van der Waals surface area (Å²) in [5, 5.41) is 2.14. The molecule has 0 saturated carbocycles. The van der Waals surface area contributed by atoms with Gasteiger partial charge in [0.05, 0.1) is 5.69 Å². The zero-order valence-corrected chi connectivity index (χ0v) is 12.7. The van der Waals surface area contributed by atoms with Gasteiger partial charge in [0, 0.05) is 0 Å². The predicted octanol–water partition coefficient (Wildman–Crippen LogP) is 2.80. The van der Waals surface area contributed by atoms with Gasteiger partial charge in [-0.1, -0.05) is 29.8 Å². The van der Waals surface area contributed by atoms with E-state index >= 15 is 0 Å². The zero-order valence-electron chi connectivity index (χ0n) is 12.7. The number of carbonyl (C=O) groups is 3. The molecular weight excluding hydrogens is 311 g/mol. The standard InChI is InChI=1S/C18H13FN2O3/c1-11-2-8-14(9-3-11)21-17(23)15(16(22)20-18(21)24)10-12-4-6-13(19)7-5-12/h2-10H,1H3,(H,20,22,24)/b15-10+. The maximum Gasteiger partial charge on any atom is 0.335 e. The highest BCUT2D eigenvalue weighted by Gasteiger charge is 2.36. The van der Waals surface area contributed by atoms with E-state index < -0.39 is 23.7 Å². The highest BCUT2D eigenvalue weighted by molar-refractivity contribution is 6.39. The van der Waals surface area contributed by atoms with Gasteiger partial charge >= 0.3 is 6.03 Å². The summed E-state index contributed by atoms with van der Waals surface area (Å²) >= 11 is 0. The molecule has 120 valence electrons. The van der Waals surface area contributed by atoms with Crippen molar-refractivity contribution in [3.05, 3.63) is 71.0 Å². The van der Waals surface area contributed by atoms with Crippen LogP contribution < -0.4 is 10.2 Å². The second-order valence-electron chi connectivity index (χ2n) is 5.34. The Morgan fingerprint density at radius 1 is 0.958 bits per heavy atom. The molecule has 5 nitrogen and oxygen atoms in total. The van der Waals surface area contributed by atoms with E-state index in [2.05, 4.69) is 5.32 Å². The topological polar surface area (TPSA) is 66.5 Å². The minimum Gasteiger partial charge on any atom is -0.273 e. The van der Waals surface area contributed by atoms with Crippen LogP contribution in [-0.2, 0) is 9.59 Å². The van der Waals surface area contributed by atoms with Crippen LogP contribution in [0.15, 0.2) is 54.1 Å². The molecule has 0 aliphatic carbocycles. The zero-order chi connectivity index (χ0) is 17.3. The number of nitrogens with one attached hydrogen (secondary N) is 1. The average molecular weight is 324 g/mol. The van der Waals surface area contributed by atoms with Crippen molar-refractivity contribution >= 4 is 29.6 Å². The van der Waals surface area contributed by atoms with Crippen molar-refractivity contribution in [3.8, 4) is 0 Å². The fraction of sp³-hybridized carbons (Fsp3) is 0.0556. The van der Waals surface area contributed by atoms with Crippen molar-refractivity contribution in [2.45, 2.75) is 6.92 Å². The molecule has 6 heteroatoms. The quantitative estimate of drug-likeness (QED) is 0.682. The Labute approximate surface area is 137 Å². The van der Waals surface area contributed by atoms with Crippen molar-refractivity contribution < 1.29 is 18.8 Å². The minimum absolute atomic E-state index is 0.193. The molecule has 0 radical (unpaired) electrons. The number of barbiturate groups is 1. The summed E-state index contributed by atoms with van der Waals surface area (Å²) in [6.07, 6.45) is 1.32. The number of rotatable bonds is 2. The van der Waals surface area contributed by atoms with E-state index in [9.17, 15) is 18.8 Å². The summed E-state index contributed by atoms with van der Waals surface area (Å²) in [4.78, 5) is 37.5. The van der Waals surface area contributed by atoms with E-state index in [1.54, 1.807) is 24.3 Å². The molecule has 24 heavy (non-hydrogen) atoms. The van der Waals surface area contributed by atoms with Crippen LogP contribution in [0, 0.1) is 12.7 Å². The number of amides is 4. The van der Waals surface area contributed by atoms with Crippen LogP contribution in [0.4, 0.5) is 14.9 Å².